The number of likely N-dealkylation sites (tertiary alicyclic amines) is 1. The lowest BCUT2D eigenvalue weighted by atomic mass is 9.73. The first-order valence-corrected chi connectivity index (χ1v) is 15.4. The van der Waals surface area contributed by atoms with E-state index in [-0.39, 0.29) is 23.8 Å². The number of benzene rings is 1. The van der Waals surface area contributed by atoms with Crippen molar-refractivity contribution in [2.24, 2.45) is 23.7 Å². The fourth-order valence-electron chi connectivity index (χ4n) is 7.79. The molecule has 1 saturated carbocycles. The maximum Gasteiger partial charge on any atom is 0.246 e. The highest BCUT2D eigenvalue weighted by molar-refractivity contribution is 6.02. The van der Waals surface area contributed by atoms with E-state index in [2.05, 4.69) is 29.4 Å². The number of ether oxygens (including phenoxy) is 2. The van der Waals surface area contributed by atoms with Crippen molar-refractivity contribution in [2.75, 3.05) is 44.7 Å². The maximum absolute atomic E-state index is 14.2. The van der Waals surface area contributed by atoms with Gasteiger partial charge in [0.2, 0.25) is 17.7 Å². The van der Waals surface area contributed by atoms with Crippen LogP contribution < -0.4 is 10.6 Å². The summed E-state index contributed by atoms with van der Waals surface area (Å²) in [4.78, 5) is 46.1. The number of fused-ring (bicyclic) bond motifs is 1. The van der Waals surface area contributed by atoms with E-state index in [9.17, 15) is 14.4 Å². The van der Waals surface area contributed by atoms with Gasteiger partial charge in [-0.05, 0) is 49.3 Å². The van der Waals surface area contributed by atoms with Crippen LogP contribution in [0.15, 0.2) is 36.4 Å². The van der Waals surface area contributed by atoms with Crippen LogP contribution in [0, 0.1) is 30.6 Å². The summed E-state index contributed by atoms with van der Waals surface area (Å²) in [6.45, 7) is 10.9. The minimum Gasteiger partial charge on any atom is -0.379 e. The van der Waals surface area contributed by atoms with Crippen molar-refractivity contribution in [3.05, 3.63) is 42.0 Å². The summed E-state index contributed by atoms with van der Waals surface area (Å²) in [5.74, 6) is -1.10. The fourth-order valence-corrected chi connectivity index (χ4v) is 7.79. The van der Waals surface area contributed by atoms with Crippen LogP contribution in [0.2, 0.25) is 0 Å². The summed E-state index contributed by atoms with van der Waals surface area (Å²) in [5.41, 5.74) is 0.594. The smallest absolute Gasteiger partial charge is 0.246 e. The second-order valence-corrected chi connectivity index (χ2v) is 12.8. The summed E-state index contributed by atoms with van der Waals surface area (Å²) >= 11 is 0. The Labute approximate surface area is 243 Å². The predicted octanol–water partition coefficient (Wildman–Crippen LogP) is 2.75. The molecule has 1 aliphatic carbocycles. The van der Waals surface area contributed by atoms with Crippen LogP contribution in [0.5, 0.6) is 0 Å². The van der Waals surface area contributed by atoms with Gasteiger partial charge in [0.1, 0.15) is 11.6 Å². The zero-order valence-electron chi connectivity index (χ0n) is 24.5. The van der Waals surface area contributed by atoms with E-state index >= 15 is 0 Å². The Morgan fingerprint density at radius 3 is 2.68 bits per heavy atom. The highest BCUT2D eigenvalue weighted by Crippen LogP contribution is 2.55. The van der Waals surface area contributed by atoms with E-state index in [1.54, 1.807) is 4.90 Å². The molecular weight excluding hydrogens is 520 g/mol. The molecule has 0 radical (unpaired) electrons. The number of rotatable bonds is 8. The average Bonchev–Trinajstić information content (AvgIpc) is 3.59. The topological polar surface area (TPSA) is 100 Å². The highest BCUT2D eigenvalue weighted by atomic mass is 16.5. The van der Waals surface area contributed by atoms with Gasteiger partial charge in [-0.25, -0.2) is 0 Å². The predicted molar refractivity (Wildman–Crippen MR) is 155 cm³/mol. The minimum absolute atomic E-state index is 0.0648. The minimum atomic E-state index is -1.14. The molecule has 4 fully saturated rings. The monoisotopic (exact) mass is 564 g/mol. The van der Waals surface area contributed by atoms with E-state index in [1.165, 1.54) is 6.42 Å². The third-order valence-corrected chi connectivity index (χ3v) is 10.2. The molecule has 4 aliphatic heterocycles. The first-order chi connectivity index (χ1) is 19.8. The third kappa shape index (κ3) is 5.21. The lowest BCUT2D eigenvalue weighted by molar-refractivity contribution is -0.141. The SMILES string of the molecule is Cc1cccc(NC(=O)[C@@H]2[C@@H]3C=C[C@]4(O3)[C@@H]2C(=O)N(CCCN2CCOCC2)[C@H]4C(=O)N[C@@H]2CCC[C@@H](C)[C@@H]2C)c1. The molecule has 0 aromatic heterocycles. The van der Waals surface area contributed by atoms with Gasteiger partial charge in [-0.15, -0.1) is 0 Å². The molecular formula is C32H44N4O5. The molecule has 1 spiro atoms. The maximum atomic E-state index is 14.2. The Kier molecular flexibility index (Phi) is 7.96. The molecule has 3 saturated heterocycles. The Bertz CT molecular complexity index is 1200. The molecule has 222 valence electrons. The number of morpholine rings is 1. The van der Waals surface area contributed by atoms with Crippen LogP contribution in [0.1, 0.15) is 45.1 Å². The number of carbonyl (C=O) groups excluding carboxylic acids is 3. The van der Waals surface area contributed by atoms with Gasteiger partial charge in [-0.3, -0.25) is 19.3 Å². The first-order valence-electron chi connectivity index (χ1n) is 15.4. The molecule has 8 atom stereocenters. The van der Waals surface area contributed by atoms with Crippen molar-refractivity contribution in [3.8, 4) is 0 Å². The molecule has 1 aromatic rings. The molecule has 5 aliphatic rings. The van der Waals surface area contributed by atoms with E-state index < -0.39 is 29.6 Å². The third-order valence-electron chi connectivity index (χ3n) is 10.2. The van der Waals surface area contributed by atoms with Crippen LogP contribution in [0.3, 0.4) is 0 Å². The summed E-state index contributed by atoms with van der Waals surface area (Å²) in [5, 5.41) is 6.36. The van der Waals surface area contributed by atoms with Crippen molar-refractivity contribution >= 4 is 23.4 Å². The number of carbonyl (C=O) groups is 3. The molecule has 2 N–H and O–H groups in total. The Balaban J connectivity index is 1.25. The van der Waals surface area contributed by atoms with Crippen molar-refractivity contribution in [3.63, 3.8) is 0 Å². The zero-order valence-corrected chi connectivity index (χ0v) is 24.5. The zero-order chi connectivity index (χ0) is 28.7. The Morgan fingerprint density at radius 2 is 1.90 bits per heavy atom. The van der Waals surface area contributed by atoms with Crippen molar-refractivity contribution < 1.29 is 23.9 Å². The summed E-state index contributed by atoms with van der Waals surface area (Å²) in [6, 6.07) is 6.90. The molecule has 1 aromatic carbocycles. The first kappa shape index (κ1) is 28.4. The van der Waals surface area contributed by atoms with Crippen LogP contribution in [0.4, 0.5) is 5.69 Å². The second kappa shape index (κ2) is 11.5. The molecule has 0 unspecified atom stereocenters. The molecule has 6 rings (SSSR count). The van der Waals surface area contributed by atoms with E-state index in [1.807, 2.05) is 43.3 Å². The molecule has 41 heavy (non-hydrogen) atoms. The molecule has 2 bridgehead atoms. The molecule has 4 heterocycles. The van der Waals surface area contributed by atoms with E-state index in [0.717, 1.165) is 44.5 Å². The second-order valence-electron chi connectivity index (χ2n) is 12.8. The normalized spacial score (nSPS) is 36.4. The number of hydrogen-bond donors (Lipinski definition) is 2. The van der Waals surface area contributed by atoms with Gasteiger partial charge in [0.05, 0.1) is 31.2 Å². The number of nitrogens with zero attached hydrogens (tertiary/aromatic N) is 2. The Hall–Kier alpha value is -2.75. The lowest BCUT2D eigenvalue weighted by Gasteiger charge is -2.38. The van der Waals surface area contributed by atoms with Gasteiger partial charge in [0.25, 0.3) is 0 Å². The number of anilines is 1. The van der Waals surface area contributed by atoms with Gasteiger partial charge in [0.15, 0.2) is 0 Å². The molecule has 9 nitrogen and oxygen atoms in total. The van der Waals surface area contributed by atoms with Gasteiger partial charge in [0, 0.05) is 37.9 Å². The summed E-state index contributed by atoms with van der Waals surface area (Å²) in [7, 11) is 0. The van der Waals surface area contributed by atoms with Crippen LogP contribution in [-0.2, 0) is 23.9 Å². The highest BCUT2D eigenvalue weighted by Gasteiger charge is 2.72. The van der Waals surface area contributed by atoms with Crippen molar-refractivity contribution in [1.82, 2.24) is 15.1 Å². The largest absolute Gasteiger partial charge is 0.379 e. The van der Waals surface area contributed by atoms with Crippen molar-refractivity contribution in [1.29, 1.82) is 0 Å². The quantitative estimate of drug-likeness (QED) is 0.471. The fraction of sp³-hybridized carbons (Fsp3) is 0.656. The van der Waals surface area contributed by atoms with E-state index in [4.69, 9.17) is 9.47 Å². The van der Waals surface area contributed by atoms with Gasteiger partial charge in [-0.2, -0.15) is 0 Å². The Morgan fingerprint density at radius 1 is 1.10 bits per heavy atom. The summed E-state index contributed by atoms with van der Waals surface area (Å²) in [6.07, 6.45) is 7.17. The van der Waals surface area contributed by atoms with Crippen molar-refractivity contribution in [2.45, 2.75) is 70.2 Å². The number of nitrogens with one attached hydrogen (secondary N) is 2. The van der Waals surface area contributed by atoms with E-state index in [0.29, 0.717) is 37.3 Å². The van der Waals surface area contributed by atoms with Gasteiger partial charge >= 0.3 is 0 Å². The number of amides is 3. The van der Waals surface area contributed by atoms with Crippen LogP contribution >= 0.6 is 0 Å². The number of hydrogen-bond acceptors (Lipinski definition) is 6. The van der Waals surface area contributed by atoms with Crippen LogP contribution in [-0.4, -0.2) is 90.7 Å². The number of aryl methyl sites for hydroxylation is 1. The van der Waals surface area contributed by atoms with Crippen LogP contribution in [0.25, 0.3) is 0 Å². The summed E-state index contributed by atoms with van der Waals surface area (Å²) < 4.78 is 12.0. The van der Waals surface area contributed by atoms with Gasteiger partial charge < -0.3 is 25.0 Å². The standard InChI is InChI=1S/C32H44N4O5/c1-20-7-4-9-23(19-20)33-29(37)26-25-11-12-32(41-25)27(26)31(39)36(14-6-13-35-15-17-40-18-16-35)28(32)30(38)34-24-10-5-8-21(2)22(24)3/h4,7,9,11-12,19,21-22,24-28H,5-6,8,10,13-18H2,1-3H3,(H,33,37)(H,34,38)/t21-,22+,24-,25+,26-,27+,28+,32+/m1/s1. The molecule has 3 amide bonds. The molecule has 9 heteroatoms. The average molecular weight is 565 g/mol. The van der Waals surface area contributed by atoms with Gasteiger partial charge in [-0.1, -0.05) is 51.0 Å². The lowest BCUT2D eigenvalue weighted by Crippen LogP contribution is -2.58.